The topological polar surface area (TPSA) is 76.1 Å². The van der Waals surface area contributed by atoms with E-state index in [1.807, 2.05) is 25.7 Å². The molecule has 1 saturated carbocycles. The number of nitrogens with zero attached hydrogens (tertiary/aromatic N) is 1. The average molecular weight is 349 g/mol. The number of carboxylic acids is 1. The van der Waals surface area contributed by atoms with Crippen molar-refractivity contribution in [2.24, 2.45) is 0 Å². The third-order valence-corrected chi connectivity index (χ3v) is 4.35. The monoisotopic (exact) mass is 349 g/mol. The molecule has 1 amide bonds. The van der Waals surface area contributed by atoms with E-state index in [0.29, 0.717) is 23.7 Å². The maximum Gasteiger partial charge on any atom is 0.341 e. The second-order valence-corrected chi connectivity index (χ2v) is 6.52. The van der Waals surface area contributed by atoms with Gasteiger partial charge in [-0.05, 0) is 51.8 Å². The molecule has 0 aromatic heterocycles. The van der Waals surface area contributed by atoms with E-state index in [1.54, 1.807) is 18.2 Å². The first-order valence-corrected chi connectivity index (χ1v) is 8.88. The lowest BCUT2D eigenvalue weighted by molar-refractivity contribution is -0.139. The van der Waals surface area contributed by atoms with Gasteiger partial charge in [0.15, 0.2) is 18.1 Å². The number of carbonyl (C=O) groups is 2. The van der Waals surface area contributed by atoms with Gasteiger partial charge in [0.25, 0.3) is 5.91 Å². The van der Waals surface area contributed by atoms with Crippen LogP contribution in [0, 0.1) is 0 Å². The molecule has 0 atom stereocenters. The number of carboxylic acid groups (broad SMARTS) is 1. The number of ether oxygens (including phenoxy) is 2. The summed E-state index contributed by atoms with van der Waals surface area (Å²) >= 11 is 0. The molecule has 0 saturated heterocycles. The minimum Gasteiger partial charge on any atom is -0.490 e. The zero-order chi connectivity index (χ0) is 18.4. The normalized spacial score (nSPS) is 14.6. The molecule has 2 rings (SSSR count). The van der Waals surface area contributed by atoms with Gasteiger partial charge in [-0.25, -0.2) is 4.79 Å². The predicted octanol–water partition coefficient (Wildman–Crippen LogP) is 3.34. The van der Waals surface area contributed by atoms with Crippen LogP contribution in [0.4, 0.5) is 0 Å². The van der Waals surface area contributed by atoms with E-state index in [2.05, 4.69) is 0 Å². The van der Waals surface area contributed by atoms with Crippen molar-refractivity contribution in [3.63, 3.8) is 0 Å². The molecular weight excluding hydrogens is 322 g/mol. The molecule has 1 fully saturated rings. The van der Waals surface area contributed by atoms with Crippen molar-refractivity contribution in [3.05, 3.63) is 23.8 Å². The van der Waals surface area contributed by atoms with Gasteiger partial charge in [0.1, 0.15) is 0 Å². The average Bonchev–Trinajstić information content (AvgIpc) is 3.07. The summed E-state index contributed by atoms with van der Waals surface area (Å²) in [6.45, 7) is 5.84. The van der Waals surface area contributed by atoms with Gasteiger partial charge in [-0.1, -0.05) is 12.8 Å². The van der Waals surface area contributed by atoms with Crippen molar-refractivity contribution in [3.8, 4) is 11.5 Å². The van der Waals surface area contributed by atoms with E-state index < -0.39 is 12.6 Å². The van der Waals surface area contributed by atoms with Crippen LogP contribution in [0.15, 0.2) is 18.2 Å². The second-order valence-electron chi connectivity index (χ2n) is 6.52. The van der Waals surface area contributed by atoms with E-state index in [0.717, 1.165) is 25.7 Å². The Hall–Kier alpha value is -2.24. The number of hydrogen-bond donors (Lipinski definition) is 1. The molecule has 1 aliphatic carbocycles. The van der Waals surface area contributed by atoms with Crippen LogP contribution in [-0.4, -0.2) is 47.2 Å². The number of carbonyl (C=O) groups excluding carboxylic acids is 1. The summed E-state index contributed by atoms with van der Waals surface area (Å²) in [5.74, 6) is -0.357. The van der Waals surface area contributed by atoms with Gasteiger partial charge in [0, 0.05) is 17.6 Å². The molecule has 25 heavy (non-hydrogen) atoms. The lowest BCUT2D eigenvalue weighted by atomic mass is 10.1. The van der Waals surface area contributed by atoms with Crippen LogP contribution in [-0.2, 0) is 4.79 Å². The van der Waals surface area contributed by atoms with E-state index in [4.69, 9.17) is 14.6 Å². The maximum atomic E-state index is 13.0. The summed E-state index contributed by atoms with van der Waals surface area (Å²) in [5.41, 5.74) is 0.534. The van der Waals surface area contributed by atoms with Crippen LogP contribution in [0.5, 0.6) is 11.5 Å². The van der Waals surface area contributed by atoms with Crippen molar-refractivity contribution in [1.29, 1.82) is 0 Å². The molecule has 0 heterocycles. The maximum absolute atomic E-state index is 13.0. The first-order chi connectivity index (χ1) is 11.9. The van der Waals surface area contributed by atoms with Gasteiger partial charge in [0.2, 0.25) is 0 Å². The first kappa shape index (κ1) is 19.1. The van der Waals surface area contributed by atoms with Crippen LogP contribution in [0.2, 0.25) is 0 Å². The summed E-state index contributed by atoms with van der Waals surface area (Å²) in [7, 11) is 0. The lowest BCUT2D eigenvalue weighted by Gasteiger charge is -2.33. The number of benzene rings is 1. The van der Waals surface area contributed by atoms with Crippen LogP contribution < -0.4 is 9.47 Å². The number of aliphatic carboxylic acids is 1. The van der Waals surface area contributed by atoms with Gasteiger partial charge >= 0.3 is 5.97 Å². The molecule has 1 aromatic carbocycles. The molecule has 0 spiro atoms. The second kappa shape index (κ2) is 8.74. The third kappa shape index (κ3) is 4.87. The number of amides is 1. The third-order valence-electron chi connectivity index (χ3n) is 4.35. The fourth-order valence-corrected chi connectivity index (χ4v) is 3.32. The Bertz CT molecular complexity index is 608. The van der Waals surface area contributed by atoms with Crippen molar-refractivity contribution in [2.75, 3.05) is 13.2 Å². The molecule has 0 bridgehead atoms. The first-order valence-electron chi connectivity index (χ1n) is 8.88. The van der Waals surface area contributed by atoms with Gasteiger partial charge in [-0.15, -0.1) is 0 Å². The van der Waals surface area contributed by atoms with Crippen molar-refractivity contribution in [2.45, 2.75) is 58.5 Å². The van der Waals surface area contributed by atoms with Crippen LogP contribution in [0.3, 0.4) is 0 Å². The number of rotatable bonds is 8. The van der Waals surface area contributed by atoms with Gasteiger partial charge in [0.05, 0.1) is 6.61 Å². The minimum absolute atomic E-state index is 0.0207. The van der Waals surface area contributed by atoms with Crippen LogP contribution in [0.25, 0.3) is 0 Å². The highest BCUT2D eigenvalue weighted by atomic mass is 16.5. The van der Waals surface area contributed by atoms with Gasteiger partial charge < -0.3 is 19.5 Å². The Morgan fingerprint density at radius 3 is 2.44 bits per heavy atom. The van der Waals surface area contributed by atoms with E-state index in [-0.39, 0.29) is 18.0 Å². The molecule has 6 nitrogen and oxygen atoms in total. The highest BCUT2D eigenvalue weighted by Crippen LogP contribution is 2.31. The SMILES string of the molecule is CCOc1cc(C(=O)N(C(C)C)C2CCCC2)ccc1OCC(=O)O. The van der Waals surface area contributed by atoms with Crippen LogP contribution >= 0.6 is 0 Å². The number of hydrogen-bond acceptors (Lipinski definition) is 4. The largest absolute Gasteiger partial charge is 0.490 e. The van der Waals surface area contributed by atoms with Crippen molar-refractivity contribution in [1.82, 2.24) is 4.90 Å². The highest BCUT2D eigenvalue weighted by molar-refractivity contribution is 5.95. The summed E-state index contributed by atoms with van der Waals surface area (Å²) in [5, 5.41) is 8.77. The standard InChI is InChI=1S/C19H27NO5/c1-4-24-17-11-14(9-10-16(17)25-12-18(21)22)19(23)20(13(2)3)15-7-5-6-8-15/h9-11,13,15H,4-8,12H2,1-3H3,(H,21,22). The Balaban J connectivity index is 2.25. The molecule has 0 unspecified atom stereocenters. The Morgan fingerprint density at radius 2 is 1.88 bits per heavy atom. The quantitative estimate of drug-likeness (QED) is 0.779. The fraction of sp³-hybridized carbons (Fsp3) is 0.579. The van der Waals surface area contributed by atoms with Crippen molar-refractivity contribution >= 4 is 11.9 Å². The molecule has 0 radical (unpaired) electrons. The zero-order valence-electron chi connectivity index (χ0n) is 15.2. The van der Waals surface area contributed by atoms with E-state index in [1.165, 1.54) is 0 Å². The summed E-state index contributed by atoms with van der Waals surface area (Å²) < 4.78 is 10.8. The van der Waals surface area contributed by atoms with E-state index >= 15 is 0 Å². The lowest BCUT2D eigenvalue weighted by Crippen LogP contribution is -2.43. The smallest absolute Gasteiger partial charge is 0.341 e. The molecule has 6 heteroatoms. The molecule has 1 N–H and O–H groups in total. The molecular formula is C19H27NO5. The predicted molar refractivity (Wildman–Crippen MR) is 94.3 cm³/mol. The molecule has 138 valence electrons. The van der Waals surface area contributed by atoms with E-state index in [9.17, 15) is 9.59 Å². The summed E-state index contributed by atoms with van der Waals surface area (Å²) in [4.78, 5) is 25.7. The highest BCUT2D eigenvalue weighted by Gasteiger charge is 2.29. The summed E-state index contributed by atoms with van der Waals surface area (Å²) in [6.07, 6.45) is 4.41. The summed E-state index contributed by atoms with van der Waals surface area (Å²) in [6, 6.07) is 5.33. The van der Waals surface area contributed by atoms with Gasteiger partial charge in [-0.3, -0.25) is 4.79 Å². The Labute approximate surface area is 148 Å². The Kier molecular flexibility index (Phi) is 6.67. The molecule has 0 aliphatic heterocycles. The fourth-order valence-electron chi connectivity index (χ4n) is 3.32. The molecule has 1 aromatic rings. The van der Waals surface area contributed by atoms with Crippen LogP contribution in [0.1, 0.15) is 56.8 Å². The van der Waals surface area contributed by atoms with Gasteiger partial charge in [-0.2, -0.15) is 0 Å². The minimum atomic E-state index is -1.06. The van der Waals surface area contributed by atoms with Crippen molar-refractivity contribution < 1.29 is 24.2 Å². The molecule has 1 aliphatic rings. The Morgan fingerprint density at radius 1 is 1.20 bits per heavy atom. The zero-order valence-corrected chi connectivity index (χ0v) is 15.2.